The van der Waals surface area contributed by atoms with Gasteiger partial charge in [-0.15, -0.1) is 0 Å². The molecule has 4 aromatic carbocycles. The fraction of sp³-hybridized carbons (Fsp3) is 0. The number of rotatable bonds is 6. The Balaban J connectivity index is 0.000000170. The number of phenols is 2. The van der Waals surface area contributed by atoms with Crippen LogP contribution in [0.25, 0.3) is 34.4 Å². The molecule has 6 rings (SSSR count). The third-order valence-electron chi connectivity index (χ3n) is 6.82. The number of carboxylic acids is 2. The highest BCUT2D eigenvalue weighted by atomic mass is 19.1. The second kappa shape index (κ2) is 16.8. The number of halogens is 4. The molecule has 0 fully saturated rings. The highest BCUT2D eigenvalue weighted by Crippen LogP contribution is 2.29. The van der Waals surface area contributed by atoms with Crippen molar-refractivity contribution in [3.05, 3.63) is 167 Å². The molecule has 0 amide bonds. The van der Waals surface area contributed by atoms with Crippen LogP contribution in [-0.4, -0.2) is 42.3 Å². The van der Waals surface area contributed by atoms with Gasteiger partial charge in [0.05, 0.1) is 0 Å². The summed E-state index contributed by atoms with van der Waals surface area (Å²) in [5, 5.41) is 36.3. The predicted octanol–water partition coefficient (Wildman–Crippen LogP) is 8.72. The molecule has 12 heteroatoms. The summed E-state index contributed by atoms with van der Waals surface area (Å²) in [7, 11) is 0. The van der Waals surface area contributed by atoms with E-state index >= 15 is 0 Å². The Bertz CT molecular complexity index is 1990. The number of nitrogens with zero attached hydrogens (tertiary/aromatic N) is 2. The first kappa shape index (κ1) is 36.0. The van der Waals surface area contributed by atoms with Gasteiger partial charge in [0.25, 0.3) is 0 Å². The van der Waals surface area contributed by atoms with Crippen molar-refractivity contribution in [2.75, 3.05) is 0 Å². The molecule has 50 heavy (non-hydrogen) atoms. The van der Waals surface area contributed by atoms with E-state index in [4.69, 9.17) is 10.2 Å². The first-order chi connectivity index (χ1) is 23.9. The molecule has 2 heterocycles. The van der Waals surface area contributed by atoms with Crippen LogP contribution in [0.5, 0.6) is 11.5 Å². The first-order valence-electron chi connectivity index (χ1n) is 14.4. The van der Waals surface area contributed by atoms with Crippen LogP contribution in [0.2, 0.25) is 0 Å². The highest BCUT2D eigenvalue weighted by Gasteiger charge is 2.14. The topological polar surface area (TPSA) is 141 Å². The fourth-order valence-electron chi connectivity index (χ4n) is 4.34. The number of hydrogen-bond acceptors (Lipinski definition) is 6. The van der Waals surface area contributed by atoms with E-state index in [1.807, 2.05) is 24.3 Å². The Morgan fingerprint density at radius 1 is 0.500 bits per heavy atom. The van der Waals surface area contributed by atoms with Crippen LogP contribution in [0, 0.1) is 23.3 Å². The highest BCUT2D eigenvalue weighted by molar-refractivity contribution is 5.93. The zero-order chi connectivity index (χ0) is 36.2. The zero-order valence-corrected chi connectivity index (χ0v) is 25.7. The molecule has 0 atom stereocenters. The normalized spacial score (nSPS) is 10.4. The molecular formula is C38H26F4N2O6. The van der Waals surface area contributed by atoms with Gasteiger partial charge in [0.2, 0.25) is 0 Å². The van der Waals surface area contributed by atoms with Crippen molar-refractivity contribution in [1.82, 2.24) is 9.97 Å². The van der Waals surface area contributed by atoms with Crippen molar-refractivity contribution < 1.29 is 47.6 Å². The van der Waals surface area contributed by atoms with Crippen molar-refractivity contribution in [2.45, 2.75) is 0 Å². The molecule has 0 unspecified atom stereocenters. The zero-order valence-electron chi connectivity index (χ0n) is 25.7. The van der Waals surface area contributed by atoms with Crippen LogP contribution in [0.1, 0.15) is 31.8 Å². The maximum absolute atomic E-state index is 13.5. The van der Waals surface area contributed by atoms with E-state index in [1.54, 1.807) is 24.8 Å². The smallest absolute Gasteiger partial charge is 0.339 e. The summed E-state index contributed by atoms with van der Waals surface area (Å²) in [6, 6.07) is 21.2. The monoisotopic (exact) mass is 682 g/mol. The summed E-state index contributed by atoms with van der Waals surface area (Å²) in [5.74, 6) is -6.48. The Labute approximate surface area is 282 Å². The lowest BCUT2D eigenvalue weighted by Gasteiger charge is -2.06. The van der Waals surface area contributed by atoms with Crippen LogP contribution >= 0.6 is 0 Å². The van der Waals surface area contributed by atoms with E-state index in [9.17, 15) is 37.4 Å². The molecule has 2 aromatic heterocycles. The number of carboxylic acid groups (broad SMARTS) is 2. The number of hydrogen-bond donors (Lipinski definition) is 4. The van der Waals surface area contributed by atoms with Gasteiger partial charge in [-0.2, -0.15) is 0 Å². The number of carbonyl (C=O) groups is 2. The predicted molar refractivity (Wildman–Crippen MR) is 178 cm³/mol. The number of aromatic nitrogens is 2. The lowest BCUT2D eigenvalue weighted by Crippen LogP contribution is -1.97. The molecule has 4 N–H and O–H groups in total. The van der Waals surface area contributed by atoms with Crippen LogP contribution in [0.15, 0.2) is 122 Å². The van der Waals surface area contributed by atoms with Crippen LogP contribution in [-0.2, 0) is 0 Å². The molecule has 0 aliphatic heterocycles. The molecule has 6 aromatic rings. The van der Waals surface area contributed by atoms with Gasteiger partial charge in [-0.05, 0) is 95.1 Å². The van der Waals surface area contributed by atoms with Gasteiger partial charge in [-0.25, -0.2) is 27.2 Å². The fourth-order valence-corrected chi connectivity index (χ4v) is 4.34. The summed E-state index contributed by atoms with van der Waals surface area (Å²) in [6.45, 7) is 0. The van der Waals surface area contributed by atoms with Gasteiger partial charge in [-0.3, -0.25) is 9.97 Å². The summed E-state index contributed by atoms with van der Waals surface area (Å²) < 4.78 is 52.6. The largest absolute Gasteiger partial charge is 0.507 e. The molecule has 0 aliphatic carbocycles. The molecule has 0 bridgehead atoms. The van der Waals surface area contributed by atoms with Crippen molar-refractivity contribution in [2.24, 2.45) is 0 Å². The lowest BCUT2D eigenvalue weighted by molar-refractivity contribution is 0.0682. The number of aromatic hydroxyl groups is 2. The molecule has 0 saturated carbocycles. The molecular weight excluding hydrogens is 656 g/mol. The van der Waals surface area contributed by atoms with E-state index in [2.05, 4.69) is 22.1 Å². The van der Waals surface area contributed by atoms with Crippen molar-refractivity contribution in [3.63, 3.8) is 0 Å². The second-order valence-corrected chi connectivity index (χ2v) is 10.2. The summed E-state index contributed by atoms with van der Waals surface area (Å²) in [4.78, 5) is 29.6. The third-order valence-corrected chi connectivity index (χ3v) is 6.82. The molecule has 0 aliphatic rings. The Morgan fingerprint density at radius 3 is 1.18 bits per heavy atom. The molecule has 0 spiro atoms. The standard InChI is InChI=1S/2C13H8F2O3.C12H10N2/c2*14-8-2-3-9(11(15)6-8)7-1-4-12(16)10(5-7)13(17)18;1(11-3-7-13-8-4-11)2-12-5-9-14-10-6-12/h2*1-6,16H,(H,17,18);1-10H/b;;2-1+. The van der Waals surface area contributed by atoms with Gasteiger partial charge < -0.3 is 20.4 Å². The SMILES string of the molecule is C(=C\c1ccncc1)/c1ccncc1.O=C(O)c1cc(-c2ccc(F)cc2F)ccc1O.O=C(O)c1cc(-c2ccc(F)cc2F)ccc1O. The van der Waals surface area contributed by atoms with Crippen LogP contribution in [0.4, 0.5) is 17.6 Å². The molecule has 0 radical (unpaired) electrons. The van der Waals surface area contributed by atoms with Crippen LogP contribution < -0.4 is 0 Å². The van der Waals surface area contributed by atoms with Gasteiger partial charge in [-0.1, -0.05) is 24.3 Å². The summed E-state index contributed by atoms with van der Waals surface area (Å²) in [6.07, 6.45) is 11.2. The van der Waals surface area contributed by atoms with E-state index in [-0.39, 0.29) is 33.4 Å². The van der Waals surface area contributed by atoms with Gasteiger partial charge in [0.1, 0.15) is 45.9 Å². The quantitative estimate of drug-likeness (QED) is 0.128. The van der Waals surface area contributed by atoms with E-state index < -0.39 is 46.7 Å². The van der Waals surface area contributed by atoms with Gasteiger partial charge in [0.15, 0.2) is 0 Å². The minimum absolute atomic E-state index is 0.0684. The summed E-state index contributed by atoms with van der Waals surface area (Å²) in [5.41, 5.74) is 2.27. The summed E-state index contributed by atoms with van der Waals surface area (Å²) >= 11 is 0. The minimum atomic E-state index is -1.32. The Kier molecular flexibility index (Phi) is 12.1. The molecule has 252 valence electrons. The van der Waals surface area contributed by atoms with Crippen molar-refractivity contribution in [1.29, 1.82) is 0 Å². The van der Waals surface area contributed by atoms with Gasteiger partial charge in [0, 0.05) is 48.0 Å². The maximum Gasteiger partial charge on any atom is 0.339 e. The minimum Gasteiger partial charge on any atom is -0.507 e. The van der Waals surface area contributed by atoms with E-state index in [1.165, 1.54) is 24.3 Å². The number of pyridine rings is 2. The van der Waals surface area contributed by atoms with Crippen molar-refractivity contribution >= 4 is 24.1 Å². The molecule has 8 nitrogen and oxygen atoms in total. The van der Waals surface area contributed by atoms with Gasteiger partial charge >= 0.3 is 11.9 Å². The number of aromatic carboxylic acids is 2. The van der Waals surface area contributed by atoms with E-state index in [0.717, 1.165) is 47.5 Å². The number of benzene rings is 4. The Morgan fingerprint density at radius 2 is 0.860 bits per heavy atom. The maximum atomic E-state index is 13.5. The second-order valence-electron chi connectivity index (χ2n) is 10.2. The average Bonchev–Trinajstić information content (AvgIpc) is 3.09. The Hall–Kier alpha value is -6.82. The van der Waals surface area contributed by atoms with Crippen molar-refractivity contribution in [3.8, 4) is 33.8 Å². The first-order valence-corrected chi connectivity index (χ1v) is 14.4. The lowest BCUT2D eigenvalue weighted by atomic mass is 10.0. The third kappa shape index (κ3) is 9.84. The van der Waals surface area contributed by atoms with E-state index in [0.29, 0.717) is 12.1 Å². The average molecular weight is 683 g/mol. The molecule has 0 saturated heterocycles. The van der Waals surface area contributed by atoms with Crippen LogP contribution in [0.3, 0.4) is 0 Å².